The van der Waals surface area contributed by atoms with Crippen LogP contribution in [0.1, 0.15) is 0 Å². The Morgan fingerprint density at radius 2 is 1.80 bits per heavy atom. The van der Waals surface area contributed by atoms with E-state index in [0.29, 0.717) is 0 Å². The number of β-lactam (4-membered cyclic amide) rings is 1. The monoisotopic (exact) mass is 427 g/mol. The third-order valence-electron chi connectivity index (χ3n) is 2.74. The van der Waals surface area contributed by atoms with E-state index in [0.717, 1.165) is 21.1 Å². The minimum absolute atomic E-state index is 0.100. The molecule has 0 radical (unpaired) electrons. The van der Waals surface area contributed by atoms with Crippen molar-refractivity contribution in [2.45, 2.75) is 0 Å². The van der Waals surface area contributed by atoms with Gasteiger partial charge in [0.15, 0.2) is 0 Å². The molecule has 4 heteroatoms. The summed E-state index contributed by atoms with van der Waals surface area (Å²) in [4.78, 5) is 13.9. The number of para-hydroxylation sites is 1. The van der Waals surface area contributed by atoms with Crippen molar-refractivity contribution < 1.29 is 4.79 Å². The number of halogens is 2. The fraction of sp³-hybridized carbons (Fsp3) is 0.364. The topological polar surface area (TPSA) is 20.3 Å². The van der Waals surface area contributed by atoms with Gasteiger partial charge in [0.2, 0.25) is 5.91 Å². The van der Waals surface area contributed by atoms with Crippen molar-refractivity contribution in [3.05, 3.63) is 30.3 Å². The number of carbonyl (C=O) groups excluding carboxylic acids is 1. The second kappa shape index (κ2) is 4.57. The predicted octanol–water partition coefficient (Wildman–Crippen LogP) is 2.89. The molecule has 15 heavy (non-hydrogen) atoms. The van der Waals surface area contributed by atoms with Crippen LogP contribution in [0.5, 0.6) is 0 Å². The Hall–Kier alpha value is 0.150. The summed E-state index contributed by atoms with van der Waals surface area (Å²) in [6.07, 6.45) is 0. The van der Waals surface area contributed by atoms with E-state index in [2.05, 4.69) is 45.2 Å². The molecule has 0 N–H and O–H groups in total. The normalized spacial score (nSPS) is 18.8. The summed E-state index contributed by atoms with van der Waals surface area (Å²) in [5, 5.41) is 0. The van der Waals surface area contributed by atoms with Gasteiger partial charge in [-0.3, -0.25) is 4.79 Å². The molecule has 1 aliphatic heterocycles. The summed E-state index contributed by atoms with van der Waals surface area (Å²) < 4.78 is 1.83. The maximum Gasteiger partial charge on any atom is 0.236 e. The fourth-order valence-electron chi connectivity index (χ4n) is 1.69. The standard InChI is InChI=1S/C11H11I2NO/c12-6-11(7-13)8-14(10(11)15)9-4-2-1-3-5-9/h1-5H,6-8H2. The highest BCUT2D eigenvalue weighted by Gasteiger charge is 2.50. The molecule has 1 heterocycles. The fourth-order valence-corrected chi connectivity index (χ4v) is 4.39. The molecule has 1 aromatic carbocycles. The van der Waals surface area contributed by atoms with Crippen LogP contribution in [-0.2, 0) is 4.79 Å². The zero-order valence-electron chi connectivity index (χ0n) is 8.12. The predicted molar refractivity (Wildman–Crippen MR) is 79.0 cm³/mol. The summed E-state index contributed by atoms with van der Waals surface area (Å²) in [7, 11) is 0. The van der Waals surface area contributed by atoms with Gasteiger partial charge < -0.3 is 4.90 Å². The first-order chi connectivity index (χ1) is 7.23. The lowest BCUT2D eigenvalue weighted by Crippen LogP contribution is -2.63. The number of nitrogens with zero attached hydrogens (tertiary/aromatic N) is 1. The lowest BCUT2D eigenvalue weighted by atomic mass is 9.82. The molecule has 1 saturated heterocycles. The van der Waals surface area contributed by atoms with Crippen molar-refractivity contribution in [3.8, 4) is 0 Å². The van der Waals surface area contributed by atoms with Crippen LogP contribution in [-0.4, -0.2) is 21.3 Å². The second-order valence-corrected chi connectivity index (χ2v) is 5.30. The van der Waals surface area contributed by atoms with Gasteiger partial charge in [0.05, 0.1) is 5.41 Å². The summed E-state index contributed by atoms with van der Waals surface area (Å²) in [6.45, 7) is 0.863. The van der Waals surface area contributed by atoms with Crippen molar-refractivity contribution in [1.82, 2.24) is 0 Å². The minimum Gasteiger partial charge on any atom is -0.311 e. The molecule has 1 fully saturated rings. The van der Waals surface area contributed by atoms with Crippen LogP contribution >= 0.6 is 45.2 Å². The molecule has 0 unspecified atom stereocenters. The number of amides is 1. The van der Waals surface area contributed by atoms with Gasteiger partial charge in [-0.1, -0.05) is 63.4 Å². The van der Waals surface area contributed by atoms with Crippen LogP contribution in [0, 0.1) is 5.41 Å². The lowest BCUT2D eigenvalue weighted by Gasteiger charge is -2.47. The molecule has 1 amide bonds. The van der Waals surface area contributed by atoms with Crippen LogP contribution in [0.25, 0.3) is 0 Å². The van der Waals surface area contributed by atoms with E-state index in [1.807, 2.05) is 35.2 Å². The third-order valence-corrected chi connectivity index (χ3v) is 5.66. The maximum absolute atomic E-state index is 12.1. The zero-order valence-corrected chi connectivity index (χ0v) is 12.4. The highest BCUT2D eigenvalue weighted by molar-refractivity contribution is 14.1. The number of hydrogen-bond donors (Lipinski definition) is 0. The Morgan fingerprint density at radius 3 is 2.27 bits per heavy atom. The Labute approximate surface area is 117 Å². The van der Waals surface area contributed by atoms with E-state index in [1.165, 1.54) is 0 Å². The summed E-state index contributed by atoms with van der Waals surface area (Å²) in [5.41, 5.74) is 0.921. The van der Waals surface area contributed by atoms with Crippen molar-refractivity contribution in [3.63, 3.8) is 0 Å². The van der Waals surface area contributed by atoms with Crippen LogP contribution in [0.2, 0.25) is 0 Å². The minimum atomic E-state index is -0.100. The summed E-state index contributed by atoms with van der Waals surface area (Å²) in [5.74, 6) is 0.275. The molecule has 1 aliphatic rings. The van der Waals surface area contributed by atoms with E-state index in [1.54, 1.807) is 0 Å². The second-order valence-electron chi connectivity index (χ2n) is 3.77. The molecule has 0 bridgehead atoms. The highest BCUT2D eigenvalue weighted by Crippen LogP contribution is 2.38. The van der Waals surface area contributed by atoms with Crippen LogP contribution < -0.4 is 4.90 Å². The van der Waals surface area contributed by atoms with Gasteiger partial charge >= 0.3 is 0 Å². The average molecular weight is 427 g/mol. The molecular weight excluding hydrogens is 416 g/mol. The van der Waals surface area contributed by atoms with Gasteiger partial charge in [0, 0.05) is 21.1 Å². The number of alkyl halides is 2. The van der Waals surface area contributed by atoms with E-state index in [-0.39, 0.29) is 11.3 Å². The molecule has 0 atom stereocenters. The number of rotatable bonds is 3. The number of carbonyl (C=O) groups is 1. The van der Waals surface area contributed by atoms with Crippen LogP contribution in [0.15, 0.2) is 30.3 Å². The van der Waals surface area contributed by atoms with E-state index >= 15 is 0 Å². The van der Waals surface area contributed by atoms with Gasteiger partial charge in [-0.2, -0.15) is 0 Å². The Kier molecular flexibility index (Phi) is 3.54. The van der Waals surface area contributed by atoms with Gasteiger partial charge in [0.1, 0.15) is 0 Å². The Morgan fingerprint density at radius 1 is 1.20 bits per heavy atom. The maximum atomic E-state index is 12.1. The third kappa shape index (κ3) is 1.90. The van der Waals surface area contributed by atoms with Crippen molar-refractivity contribution in [1.29, 1.82) is 0 Å². The number of hydrogen-bond acceptors (Lipinski definition) is 1. The molecule has 0 spiro atoms. The molecule has 0 aliphatic carbocycles. The first-order valence-electron chi connectivity index (χ1n) is 4.72. The largest absolute Gasteiger partial charge is 0.311 e. The van der Waals surface area contributed by atoms with E-state index in [4.69, 9.17) is 0 Å². The zero-order chi connectivity index (χ0) is 10.9. The molecule has 1 aromatic rings. The number of benzene rings is 1. The quantitative estimate of drug-likeness (QED) is 0.413. The van der Waals surface area contributed by atoms with Crippen molar-refractivity contribution in [2.75, 3.05) is 20.3 Å². The van der Waals surface area contributed by atoms with Gasteiger partial charge in [0.25, 0.3) is 0 Å². The summed E-state index contributed by atoms with van der Waals surface area (Å²) >= 11 is 4.62. The van der Waals surface area contributed by atoms with Crippen LogP contribution in [0.3, 0.4) is 0 Å². The van der Waals surface area contributed by atoms with Crippen molar-refractivity contribution in [2.24, 2.45) is 5.41 Å². The first kappa shape index (κ1) is 11.6. The molecular formula is C11H11I2NO. The smallest absolute Gasteiger partial charge is 0.236 e. The first-order valence-corrected chi connectivity index (χ1v) is 7.77. The molecule has 80 valence electrons. The molecule has 0 aromatic heterocycles. The van der Waals surface area contributed by atoms with Gasteiger partial charge in [-0.15, -0.1) is 0 Å². The molecule has 0 saturated carbocycles. The van der Waals surface area contributed by atoms with E-state index in [9.17, 15) is 4.79 Å². The summed E-state index contributed by atoms with van der Waals surface area (Å²) in [6, 6.07) is 9.88. The SMILES string of the molecule is O=C1N(c2ccccc2)CC1(CI)CI. The van der Waals surface area contributed by atoms with Crippen molar-refractivity contribution >= 4 is 56.8 Å². The highest BCUT2D eigenvalue weighted by atomic mass is 127. The number of anilines is 1. The Bertz CT molecular complexity index is 362. The Balaban J connectivity index is 2.16. The average Bonchev–Trinajstić information content (AvgIpc) is 2.30. The lowest BCUT2D eigenvalue weighted by molar-refractivity contribution is -0.131. The molecule has 2 rings (SSSR count). The van der Waals surface area contributed by atoms with E-state index < -0.39 is 0 Å². The van der Waals surface area contributed by atoms with Gasteiger partial charge in [-0.05, 0) is 12.1 Å². The molecule has 2 nitrogen and oxygen atoms in total. The van der Waals surface area contributed by atoms with Gasteiger partial charge in [-0.25, -0.2) is 0 Å². The van der Waals surface area contributed by atoms with Crippen LogP contribution in [0.4, 0.5) is 5.69 Å².